The molecule has 1 aliphatic heterocycles. The Hall–Kier alpha value is -1.57. The lowest BCUT2D eigenvalue weighted by Gasteiger charge is -2.02. The number of benzene rings is 1. The van der Waals surface area contributed by atoms with E-state index in [1.807, 2.05) is 30.4 Å². The standard InChI is InChI=1S/C10H8O2/c11-10-7-3-5-8-4-1-2-6-9(8)12-10/h1-6H,7H2. The number of esters is 1. The van der Waals surface area contributed by atoms with Gasteiger partial charge in [0, 0.05) is 5.56 Å². The van der Waals surface area contributed by atoms with E-state index in [0.29, 0.717) is 12.2 Å². The number of carbonyl (C=O) groups excluding carboxylic acids is 1. The van der Waals surface area contributed by atoms with Gasteiger partial charge in [-0.15, -0.1) is 0 Å². The van der Waals surface area contributed by atoms with Crippen molar-refractivity contribution in [3.8, 4) is 5.75 Å². The van der Waals surface area contributed by atoms with E-state index >= 15 is 0 Å². The van der Waals surface area contributed by atoms with Crippen molar-refractivity contribution >= 4 is 12.0 Å². The summed E-state index contributed by atoms with van der Waals surface area (Å²) in [4.78, 5) is 11.0. The largest absolute Gasteiger partial charge is 0.426 e. The Labute approximate surface area is 70.5 Å². The summed E-state index contributed by atoms with van der Waals surface area (Å²) in [6.45, 7) is 0. The summed E-state index contributed by atoms with van der Waals surface area (Å²) >= 11 is 0. The molecule has 0 fully saturated rings. The Morgan fingerprint density at radius 1 is 1.25 bits per heavy atom. The van der Waals surface area contributed by atoms with E-state index < -0.39 is 0 Å². The van der Waals surface area contributed by atoms with Gasteiger partial charge >= 0.3 is 5.97 Å². The number of para-hydroxylation sites is 1. The molecule has 0 spiro atoms. The van der Waals surface area contributed by atoms with E-state index in [2.05, 4.69) is 0 Å². The van der Waals surface area contributed by atoms with Crippen LogP contribution in [0.4, 0.5) is 0 Å². The van der Waals surface area contributed by atoms with Crippen molar-refractivity contribution in [2.45, 2.75) is 6.42 Å². The fourth-order valence-electron chi connectivity index (χ4n) is 1.16. The molecule has 0 aliphatic carbocycles. The Kier molecular flexibility index (Phi) is 1.67. The first-order chi connectivity index (χ1) is 5.86. The average molecular weight is 160 g/mol. The third-order valence-corrected chi connectivity index (χ3v) is 1.72. The van der Waals surface area contributed by atoms with Crippen LogP contribution in [0.2, 0.25) is 0 Å². The molecule has 2 heteroatoms. The van der Waals surface area contributed by atoms with E-state index in [0.717, 1.165) is 5.56 Å². The molecule has 0 saturated heterocycles. The number of ether oxygens (including phenoxy) is 1. The van der Waals surface area contributed by atoms with E-state index in [1.54, 1.807) is 6.07 Å². The molecule has 0 radical (unpaired) electrons. The fraction of sp³-hybridized carbons (Fsp3) is 0.100. The average Bonchev–Trinajstić information content (AvgIpc) is 2.25. The topological polar surface area (TPSA) is 26.3 Å². The van der Waals surface area contributed by atoms with Crippen LogP contribution in [-0.2, 0) is 4.79 Å². The van der Waals surface area contributed by atoms with Gasteiger partial charge in [0.1, 0.15) is 5.75 Å². The first-order valence-electron chi connectivity index (χ1n) is 3.82. The predicted octanol–water partition coefficient (Wildman–Crippen LogP) is 2.01. The first kappa shape index (κ1) is 7.10. The van der Waals surface area contributed by atoms with Crippen molar-refractivity contribution in [2.24, 2.45) is 0 Å². The molecule has 0 saturated carbocycles. The molecule has 0 N–H and O–H groups in total. The van der Waals surface area contributed by atoms with Crippen molar-refractivity contribution in [1.82, 2.24) is 0 Å². The molecule has 1 heterocycles. The minimum Gasteiger partial charge on any atom is -0.426 e. The highest BCUT2D eigenvalue weighted by Gasteiger charge is 2.08. The summed E-state index contributed by atoms with van der Waals surface area (Å²) in [7, 11) is 0. The fourth-order valence-corrected chi connectivity index (χ4v) is 1.16. The van der Waals surface area contributed by atoms with Gasteiger partial charge in [0.25, 0.3) is 0 Å². The van der Waals surface area contributed by atoms with Crippen LogP contribution in [0, 0.1) is 0 Å². The summed E-state index contributed by atoms with van der Waals surface area (Å²) in [6, 6.07) is 7.49. The summed E-state index contributed by atoms with van der Waals surface area (Å²) in [5.74, 6) is 0.451. The third-order valence-electron chi connectivity index (χ3n) is 1.72. The van der Waals surface area contributed by atoms with Crippen molar-refractivity contribution in [2.75, 3.05) is 0 Å². The maximum atomic E-state index is 11.0. The van der Waals surface area contributed by atoms with Gasteiger partial charge < -0.3 is 4.74 Å². The summed E-state index contributed by atoms with van der Waals surface area (Å²) in [5, 5.41) is 0. The van der Waals surface area contributed by atoms with Gasteiger partial charge in [-0.1, -0.05) is 30.4 Å². The van der Waals surface area contributed by atoms with Crippen LogP contribution in [0.15, 0.2) is 30.3 Å². The molecule has 0 unspecified atom stereocenters. The number of fused-ring (bicyclic) bond motifs is 1. The maximum Gasteiger partial charge on any atom is 0.315 e. The molecule has 1 aromatic rings. The van der Waals surface area contributed by atoms with Gasteiger partial charge in [0.2, 0.25) is 0 Å². The zero-order chi connectivity index (χ0) is 8.39. The highest BCUT2D eigenvalue weighted by Crippen LogP contribution is 2.22. The van der Waals surface area contributed by atoms with Gasteiger partial charge in [-0.3, -0.25) is 4.79 Å². The van der Waals surface area contributed by atoms with E-state index in [1.165, 1.54) is 0 Å². The van der Waals surface area contributed by atoms with Gasteiger partial charge in [0.05, 0.1) is 6.42 Å². The smallest absolute Gasteiger partial charge is 0.315 e. The number of rotatable bonds is 0. The normalized spacial score (nSPS) is 14.8. The lowest BCUT2D eigenvalue weighted by Crippen LogP contribution is -2.04. The lowest BCUT2D eigenvalue weighted by molar-refractivity contribution is -0.133. The second-order valence-corrected chi connectivity index (χ2v) is 2.62. The van der Waals surface area contributed by atoms with Gasteiger partial charge in [-0.25, -0.2) is 0 Å². The minimum absolute atomic E-state index is 0.198. The monoisotopic (exact) mass is 160 g/mol. The summed E-state index contributed by atoms with van der Waals surface area (Å²) in [5.41, 5.74) is 0.961. The first-order valence-corrected chi connectivity index (χ1v) is 3.82. The molecule has 0 bridgehead atoms. The van der Waals surface area contributed by atoms with E-state index in [9.17, 15) is 4.79 Å². The van der Waals surface area contributed by atoms with Crippen LogP contribution in [0.25, 0.3) is 6.08 Å². The van der Waals surface area contributed by atoms with Crippen LogP contribution in [-0.4, -0.2) is 5.97 Å². The molecular weight excluding hydrogens is 152 g/mol. The van der Waals surface area contributed by atoms with Crippen molar-refractivity contribution in [3.05, 3.63) is 35.9 Å². The molecule has 1 aromatic carbocycles. The van der Waals surface area contributed by atoms with Crippen LogP contribution >= 0.6 is 0 Å². The molecule has 2 nitrogen and oxygen atoms in total. The minimum atomic E-state index is -0.198. The van der Waals surface area contributed by atoms with Crippen molar-refractivity contribution in [1.29, 1.82) is 0 Å². The van der Waals surface area contributed by atoms with Gasteiger partial charge in [-0.2, -0.15) is 0 Å². The summed E-state index contributed by atoms with van der Waals surface area (Å²) < 4.78 is 5.06. The van der Waals surface area contributed by atoms with E-state index in [-0.39, 0.29) is 5.97 Å². The van der Waals surface area contributed by atoms with Gasteiger partial charge in [0.15, 0.2) is 0 Å². The third kappa shape index (κ3) is 1.23. The molecule has 0 aromatic heterocycles. The quantitative estimate of drug-likeness (QED) is 0.428. The molecule has 2 rings (SSSR count). The molecule has 1 aliphatic rings. The zero-order valence-corrected chi connectivity index (χ0v) is 6.49. The summed E-state index contributed by atoms with van der Waals surface area (Å²) in [6.07, 6.45) is 4.07. The number of carbonyl (C=O) groups is 1. The molecule has 12 heavy (non-hydrogen) atoms. The molecule has 0 atom stereocenters. The van der Waals surface area contributed by atoms with Crippen LogP contribution in [0.5, 0.6) is 5.75 Å². The van der Waals surface area contributed by atoms with Crippen molar-refractivity contribution < 1.29 is 9.53 Å². The second-order valence-electron chi connectivity index (χ2n) is 2.62. The van der Waals surface area contributed by atoms with Crippen molar-refractivity contribution in [3.63, 3.8) is 0 Å². The van der Waals surface area contributed by atoms with E-state index in [4.69, 9.17) is 4.74 Å². The predicted molar refractivity (Wildman–Crippen MR) is 45.7 cm³/mol. The lowest BCUT2D eigenvalue weighted by atomic mass is 10.2. The Balaban J connectivity index is 2.48. The van der Waals surface area contributed by atoms with Crippen LogP contribution < -0.4 is 4.74 Å². The molecular formula is C10H8O2. The Morgan fingerprint density at radius 3 is 3.00 bits per heavy atom. The zero-order valence-electron chi connectivity index (χ0n) is 6.49. The highest BCUT2D eigenvalue weighted by molar-refractivity contribution is 5.79. The Bertz CT molecular complexity index is 339. The second kappa shape index (κ2) is 2.81. The number of hydrogen-bond donors (Lipinski definition) is 0. The SMILES string of the molecule is O=C1CC=Cc2ccccc2O1. The molecule has 0 amide bonds. The maximum absolute atomic E-state index is 11.0. The number of hydrogen-bond acceptors (Lipinski definition) is 2. The Morgan fingerprint density at radius 2 is 2.08 bits per heavy atom. The van der Waals surface area contributed by atoms with Gasteiger partial charge in [-0.05, 0) is 6.07 Å². The highest BCUT2D eigenvalue weighted by atomic mass is 16.5. The molecule has 60 valence electrons. The van der Waals surface area contributed by atoms with Crippen LogP contribution in [0.3, 0.4) is 0 Å². The van der Waals surface area contributed by atoms with Crippen LogP contribution in [0.1, 0.15) is 12.0 Å².